The molecule has 1 aromatic carbocycles. The number of benzene rings is 1. The molecule has 0 unspecified atom stereocenters. The summed E-state index contributed by atoms with van der Waals surface area (Å²) in [6.07, 6.45) is 5.33. The lowest BCUT2D eigenvalue weighted by Gasteiger charge is -2.18. The number of hydrogen-bond donors (Lipinski definition) is 0. The SMILES string of the molecule is C[C@@H]1CCc2c(sc3ncnc(SCCOc4ccccc4)c23)C1. The highest BCUT2D eigenvalue weighted by Gasteiger charge is 2.23. The Hall–Kier alpha value is -1.59. The maximum absolute atomic E-state index is 5.79. The van der Waals surface area contributed by atoms with E-state index in [0.29, 0.717) is 6.61 Å². The number of para-hydroxylation sites is 1. The van der Waals surface area contributed by atoms with Crippen LogP contribution in [0.15, 0.2) is 41.7 Å². The summed E-state index contributed by atoms with van der Waals surface area (Å²) in [5.41, 5.74) is 1.50. The highest BCUT2D eigenvalue weighted by Crippen LogP contribution is 2.40. The number of nitrogens with zero attached hydrogens (tertiary/aromatic N) is 2. The van der Waals surface area contributed by atoms with E-state index in [1.807, 2.05) is 41.7 Å². The Bertz CT molecular complexity index is 832. The molecular weight excluding hydrogens is 336 g/mol. The van der Waals surface area contributed by atoms with Crippen LogP contribution >= 0.6 is 23.1 Å². The van der Waals surface area contributed by atoms with Crippen LogP contribution < -0.4 is 4.74 Å². The Morgan fingerprint density at radius 3 is 3.00 bits per heavy atom. The molecular formula is C19H20N2OS2. The lowest BCUT2D eigenvalue weighted by atomic mass is 9.89. The molecule has 0 radical (unpaired) electrons. The molecule has 0 saturated carbocycles. The van der Waals surface area contributed by atoms with Crippen LogP contribution in [0.3, 0.4) is 0 Å². The van der Waals surface area contributed by atoms with E-state index in [9.17, 15) is 0 Å². The summed E-state index contributed by atoms with van der Waals surface area (Å²) in [6.45, 7) is 3.03. The predicted molar refractivity (Wildman–Crippen MR) is 101 cm³/mol. The molecule has 1 aliphatic rings. The zero-order chi connectivity index (χ0) is 16.4. The van der Waals surface area contributed by atoms with Crippen molar-refractivity contribution in [1.82, 2.24) is 9.97 Å². The van der Waals surface area contributed by atoms with E-state index in [0.717, 1.165) is 33.7 Å². The van der Waals surface area contributed by atoms with Crippen molar-refractivity contribution < 1.29 is 4.74 Å². The number of aromatic nitrogens is 2. The third-order valence-electron chi connectivity index (χ3n) is 4.39. The van der Waals surface area contributed by atoms with Crippen molar-refractivity contribution in [3.05, 3.63) is 47.1 Å². The summed E-state index contributed by atoms with van der Waals surface area (Å²) < 4.78 is 5.79. The van der Waals surface area contributed by atoms with Crippen molar-refractivity contribution in [2.75, 3.05) is 12.4 Å². The molecule has 0 amide bonds. The molecule has 0 bridgehead atoms. The van der Waals surface area contributed by atoms with E-state index in [-0.39, 0.29) is 0 Å². The molecule has 1 aliphatic carbocycles. The second-order valence-corrected chi connectivity index (χ2v) is 8.39. The summed E-state index contributed by atoms with van der Waals surface area (Å²) in [5, 5.41) is 2.41. The Morgan fingerprint density at radius 2 is 2.12 bits per heavy atom. The summed E-state index contributed by atoms with van der Waals surface area (Å²) in [4.78, 5) is 11.7. The van der Waals surface area contributed by atoms with E-state index < -0.39 is 0 Å². The van der Waals surface area contributed by atoms with Gasteiger partial charge in [-0.3, -0.25) is 0 Å². The van der Waals surface area contributed by atoms with E-state index >= 15 is 0 Å². The van der Waals surface area contributed by atoms with Crippen LogP contribution in [0.5, 0.6) is 5.75 Å². The van der Waals surface area contributed by atoms with E-state index in [1.54, 1.807) is 18.1 Å². The minimum absolute atomic E-state index is 0.684. The van der Waals surface area contributed by atoms with E-state index in [4.69, 9.17) is 4.74 Å². The van der Waals surface area contributed by atoms with Gasteiger partial charge in [-0.05, 0) is 42.9 Å². The first-order valence-corrected chi connectivity index (χ1v) is 10.2. The van der Waals surface area contributed by atoms with Crippen molar-refractivity contribution >= 4 is 33.3 Å². The second kappa shape index (κ2) is 7.11. The van der Waals surface area contributed by atoms with Gasteiger partial charge in [-0.25, -0.2) is 9.97 Å². The first-order valence-electron chi connectivity index (χ1n) is 8.37. The smallest absolute Gasteiger partial charge is 0.128 e. The van der Waals surface area contributed by atoms with Crippen molar-refractivity contribution in [3.8, 4) is 5.75 Å². The minimum Gasteiger partial charge on any atom is -0.493 e. The predicted octanol–water partition coefficient (Wildman–Crippen LogP) is 4.99. The monoisotopic (exact) mass is 356 g/mol. The molecule has 5 heteroatoms. The van der Waals surface area contributed by atoms with E-state index in [2.05, 4.69) is 16.9 Å². The van der Waals surface area contributed by atoms with Crippen molar-refractivity contribution in [2.24, 2.45) is 5.92 Å². The number of thiophene rings is 1. The Labute approximate surface area is 150 Å². The molecule has 2 aromatic heterocycles. The van der Waals surface area contributed by atoms with Crippen LogP contribution in [0.2, 0.25) is 0 Å². The molecule has 4 rings (SSSR count). The van der Waals surface area contributed by atoms with Crippen LogP contribution in [0, 0.1) is 5.92 Å². The Balaban J connectivity index is 1.48. The normalized spacial score (nSPS) is 17.0. The second-order valence-electron chi connectivity index (χ2n) is 6.22. The summed E-state index contributed by atoms with van der Waals surface area (Å²) in [6, 6.07) is 9.97. The van der Waals surface area contributed by atoms with Gasteiger partial charge in [-0.15, -0.1) is 23.1 Å². The molecule has 24 heavy (non-hydrogen) atoms. The fraction of sp³-hybridized carbons (Fsp3) is 0.368. The molecule has 124 valence electrons. The maximum Gasteiger partial charge on any atom is 0.128 e. The number of hydrogen-bond acceptors (Lipinski definition) is 5. The number of thioether (sulfide) groups is 1. The van der Waals surface area contributed by atoms with Gasteiger partial charge < -0.3 is 4.74 Å². The fourth-order valence-electron chi connectivity index (χ4n) is 3.17. The van der Waals surface area contributed by atoms with Crippen LogP contribution in [-0.4, -0.2) is 22.3 Å². The first kappa shape index (κ1) is 15.9. The molecule has 1 atom stereocenters. The lowest BCUT2D eigenvalue weighted by molar-refractivity contribution is 0.344. The summed E-state index contributed by atoms with van der Waals surface area (Å²) in [7, 11) is 0. The highest BCUT2D eigenvalue weighted by atomic mass is 32.2. The number of ether oxygens (including phenoxy) is 1. The number of rotatable bonds is 5. The average molecular weight is 357 g/mol. The van der Waals surface area contributed by atoms with Crippen LogP contribution in [0.1, 0.15) is 23.8 Å². The molecule has 0 fully saturated rings. The third kappa shape index (κ3) is 3.28. The van der Waals surface area contributed by atoms with Gasteiger partial charge in [0.2, 0.25) is 0 Å². The molecule has 0 saturated heterocycles. The van der Waals surface area contributed by atoms with Crippen molar-refractivity contribution in [1.29, 1.82) is 0 Å². The Morgan fingerprint density at radius 1 is 1.25 bits per heavy atom. The van der Waals surface area contributed by atoms with Crippen LogP contribution in [0.4, 0.5) is 0 Å². The van der Waals surface area contributed by atoms with Gasteiger partial charge in [0, 0.05) is 16.0 Å². The molecule has 0 aliphatic heterocycles. The number of aryl methyl sites for hydroxylation is 1. The van der Waals surface area contributed by atoms with Gasteiger partial charge in [0.15, 0.2) is 0 Å². The van der Waals surface area contributed by atoms with Crippen LogP contribution in [0.25, 0.3) is 10.2 Å². The zero-order valence-electron chi connectivity index (χ0n) is 13.7. The molecule has 2 heterocycles. The minimum atomic E-state index is 0.684. The maximum atomic E-state index is 5.79. The van der Waals surface area contributed by atoms with Gasteiger partial charge in [0.1, 0.15) is 21.9 Å². The van der Waals surface area contributed by atoms with Crippen molar-refractivity contribution in [2.45, 2.75) is 31.2 Å². The average Bonchev–Trinajstić information content (AvgIpc) is 2.97. The van der Waals surface area contributed by atoms with Crippen LogP contribution in [-0.2, 0) is 12.8 Å². The third-order valence-corrected chi connectivity index (χ3v) is 6.51. The quantitative estimate of drug-likeness (QED) is 0.367. The Kier molecular flexibility index (Phi) is 4.72. The summed E-state index contributed by atoms with van der Waals surface area (Å²) >= 11 is 3.64. The first-order chi connectivity index (χ1) is 11.8. The van der Waals surface area contributed by atoms with Crippen molar-refractivity contribution in [3.63, 3.8) is 0 Å². The molecule has 0 spiro atoms. The standard InChI is InChI=1S/C19H20N2OS2/c1-13-7-8-15-16(11-13)24-19-17(15)18(20-12-21-19)23-10-9-22-14-5-3-2-4-6-14/h2-6,12-13H,7-11H2,1H3/t13-/m1/s1. The lowest BCUT2D eigenvalue weighted by Crippen LogP contribution is -2.08. The fourth-order valence-corrected chi connectivity index (χ4v) is 5.43. The topological polar surface area (TPSA) is 35.0 Å². The highest BCUT2D eigenvalue weighted by molar-refractivity contribution is 7.99. The van der Waals surface area contributed by atoms with E-state index in [1.165, 1.54) is 28.7 Å². The molecule has 3 nitrogen and oxygen atoms in total. The van der Waals surface area contributed by atoms with Gasteiger partial charge >= 0.3 is 0 Å². The molecule has 0 N–H and O–H groups in total. The van der Waals surface area contributed by atoms with Gasteiger partial charge in [0.05, 0.1) is 6.61 Å². The van der Waals surface area contributed by atoms with Gasteiger partial charge in [-0.2, -0.15) is 0 Å². The van der Waals surface area contributed by atoms with Gasteiger partial charge in [0.25, 0.3) is 0 Å². The van der Waals surface area contributed by atoms with Gasteiger partial charge in [-0.1, -0.05) is 25.1 Å². The largest absolute Gasteiger partial charge is 0.493 e. The number of fused-ring (bicyclic) bond motifs is 3. The summed E-state index contributed by atoms with van der Waals surface area (Å²) in [5.74, 6) is 2.60. The molecule has 3 aromatic rings. The zero-order valence-corrected chi connectivity index (χ0v) is 15.3.